The Morgan fingerprint density at radius 3 is 1.70 bits per heavy atom. The number of nitrogens with zero attached hydrogens (tertiary/aromatic N) is 2. The van der Waals surface area contributed by atoms with Crippen LogP contribution in [0, 0.1) is 0 Å². The van der Waals surface area contributed by atoms with Crippen LogP contribution in [-0.4, -0.2) is 4.57 Å². The summed E-state index contributed by atoms with van der Waals surface area (Å²) in [6.07, 6.45) is 0. The van der Waals surface area contributed by atoms with Gasteiger partial charge in [0, 0.05) is 53.4 Å². The SMILES string of the molecule is c1ccc(-c2ccc(-c3ccccc3-n3c4ccccc4c4ccc(N(c5ccccc5)c5ccc(-c6cccc7c6sc6ccccc67)cc5-c5ccccc5)cc43)cc2)cc1. The summed E-state index contributed by atoms with van der Waals surface area (Å²) < 4.78 is 5.09. The summed E-state index contributed by atoms with van der Waals surface area (Å²) in [5, 5.41) is 5.06. The van der Waals surface area contributed by atoms with E-state index in [1.54, 1.807) is 0 Å². The summed E-state index contributed by atoms with van der Waals surface area (Å²) in [6, 6.07) is 88.4. The van der Waals surface area contributed by atoms with Gasteiger partial charge in [-0.05, 0) is 88.0 Å². The molecule has 12 rings (SSSR count). The quantitative estimate of drug-likeness (QED) is 0.148. The van der Waals surface area contributed by atoms with Crippen LogP contribution in [-0.2, 0) is 0 Å². The van der Waals surface area contributed by atoms with Gasteiger partial charge in [0.2, 0.25) is 0 Å². The molecule has 2 heterocycles. The highest BCUT2D eigenvalue weighted by molar-refractivity contribution is 7.26. The zero-order valence-corrected chi connectivity index (χ0v) is 35.2. The second kappa shape index (κ2) is 15.5. The molecular formula is C60H40N2S. The van der Waals surface area contributed by atoms with Crippen LogP contribution in [0.2, 0.25) is 0 Å². The highest BCUT2D eigenvalue weighted by Gasteiger charge is 2.22. The number of para-hydroxylation sites is 3. The van der Waals surface area contributed by atoms with E-state index in [1.165, 1.54) is 81.0 Å². The molecule has 2 aromatic heterocycles. The lowest BCUT2D eigenvalue weighted by atomic mass is 9.95. The van der Waals surface area contributed by atoms with Crippen LogP contribution < -0.4 is 4.90 Å². The van der Waals surface area contributed by atoms with Crippen molar-refractivity contribution < 1.29 is 0 Å². The molecule has 0 bridgehead atoms. The number of hydrogen-bond donors (Lipinski definition) is 0. The van der Waals surface area contributed by atoms with Crippen LogP contribution in [0.1, 0.15) is 0 Å². The fourth-order valence-corrected chi connectivity index (χ4v) is 10.7. The summed E-state index contributed by atoms with van der Waals surface area (Å²) in [6.45, 7) is 0. The third-order valence-electron chi connectivity index (χ3n) is 12.4. The Labute approximate surface area is 370 Å². The van der Waals surface area contributed by atoms with Gasteiger partial charge in [0.15, 0.2) is 0 Å². The largest absolute Gasteiger partial charge is 0.310 e. The van der Waals surface area contributed by atoms with E-state index in [9.17, 15) is 0 Å². The van der Waals surface area contributed by atoms with Gasteiger partial charge in [0.1, 0.15) is 0 Å². The average molecular weight is 821 g/mol. The van der Waals surface area contributed by atoms with Crippen molar-refractivity contribution in [2.24, 2.45) is 0 Å². The van der Waals surface area contributed by atoms with E-state index in [2.05, 4.69) is 252 Å². The minimum atomic E-state index is 1.08. The van der Waals surface area contributed by atoms with Crippen molar-refractivity contribution >= 4 is 70.4 Å². The summed E-state index contributed by atoms with van der Waals surface area (Å²) in [7, 11) is 0. The molecule has 0 aliphatic carbocycles. The highest BCUT2D eigenvalue weighted by Crippen LogP contribution is 2.47. The van der Waals surface area contributed by atoms with Gasteiger partial charge in [-0.1, -0.05) is 188 Å². The van der Waals surface area contributed by atoms with Crippen LogP contribution >= 0.6 is 11.3 Å². The van der Waals surface area contributed by atoms with Gasteiger partial charge >= 0.3 is 0 Å². The fraction of sp³-hybridized carbons (Fsp3) is 0. The van der Waals surface area contributed by atoms with Crippen molar-refractivity contribution in [1.29, 1.82) is 0 Å². The third kappa shape index (κ3) is 6.41. The molecule has 0 fully saturated rings. The molecule has 0 amide bonds. The number of aromatic nitrogens is 1. The maximum absolute atomic E-state index is 2.46. The van der Waals surface area contributed by atoms with Crippen molar-refractivity contribution in [3.05, 3.63) is 243 Å². The van der Waals surface area contributed by atoms with Crippen molar-refractivity contribution in [2.75, 3.05) is 4.90 Å². The third-order valence-corrected chi connectivity index (χ3v) is 13.6. The topological polar surface area (TPSA) is 8.17 Å². The van der Waals surface area contributed by atoms with Gasteiger partial charge in [-0.25, -0.2) is 0 Å². The van der Waals surface area contributed by atoms with E-state index in [0.717, 1.165) is 28.3 Å². The first-order valence-electron chi connectivity index (χ1n) is 21.5. The van der Waals surface area contributed by atoms with Crippen LogP contribution in [0.25, 0.3) is 92.2 Å². The van der Waals surface area contributed by atoms with Gasteiger partial charge in [-0.15, -0.1) is 11.3 Å². The zero-order chi connectivity index (χ0) is 41.7. The normalized spacial score (nSPS) is 11.5. The van der Waals surface area contributed by atoms with Crippen molar-refractivity contribution in [3.63, 3.8) is 0 Å². The van der Waals surface area contributed by atoms with Gasteiger partial charge in [-0.2, -0.15) is 0 Å². The maximum Gasteiger partial charge on any atom is 0.0562 e. The van der Waals surface area contributed by atoms with E-state index in [0.29, 0.717) is 0 Å². The van der Waals surface area contributed by atoms with Crippen molar-refractivity contribution in [3.8, 4) is 50.2 Å². The monoisotopic (exact) mass is 820 g/mol. The predicted molar refractivity (Wildman–Crippen MR) is 270 cm³/mol. The molecule has 0 saturated carbocycles. The molecule has 63 heavy (non-hydrogen) atoms. The molecule has 0 unspecified atom stereocenters. The Morgan fingerprint density at radius 2 is 0.889 bits per heavy atom. The van der Waals surface area contributed by atoms with E-state index in [4.69, 9.17) is 0 Å². The number of benzene rings is 10. The molecule has 0 radical (unpaired) electrons. The number of fused-ring (bicyclic) bond motifs is 6. The van der Waals surface area contributed by atoms with Gasteiger partial charge in [0.25, 0.3) is 0 Å². The summed E-state index contributed by atoms with van der Waals surface area (Å²) in [5.74, 6) is 0. The Bertz CT molecular complexity index is 3600. The van der Waals surface area contributed by atoms with E-state index >= 15 is 0 Å². The summed E-state index contributed by atoms with van der Waals surface area (Å²) in [5.41, 5.74) is 16.3. The second-order valence-corrected chi connectivity index (χ2v) is 17.1. The molecule has 0 N–H and O–H groups in total. The predicted octanol–water partition coefficient (Wildman–Crippen LogP) is 17.3. The highest BCUT2D eigenvalue weighted by atomic mass is 32.1. The second-order valence-electron chi connectivity index (χ2n) is 16.1. The van der Waals surface area contributed by atoms with Crippen LogP contribution in [0.3, 0.4) is 0 Å². The van der Waals surface area contributed by atoms with E-state index in [1.807, 2.05) is 11.3 Å². The lowest BCUT2D eigenvalue weighted by Gasteiger charge is -2.28. The lowest BCUT2D eigenvalue weighted by molar-refractivity contribution is 1.18. The van der Waals surface area contributed by atoms with Crippen molar-refractivity contribution in [1.82, 2.24) is 4.57 Å². The molecular weight excluding hydrogens is 781 g/mol. The minimum Gasteiger partial charge on any atom is -0.310 e. The molecule has 2 nitrogen and oxygen atoms in total. The molecule has 0 saturated heterocycles. The molecule has 0 aliphatic rings. The number of hydrogen-bond acceptors (Lipinski definition) is 2. The van der Waals surface area contributed by atoms with Crippen LogP contribution in [0.4, 0.5) is 17.1 Å². The Kier molecular flexibility index (Phi) is 9.06. The van der Waals surface area contributed by atoms with Gasteiger partial charge < -0.3 is 9.47 Å². The molecule has 0 atom stereocenters. The number of thiophene rings is 1. The minimum absolute atomic E-state index is 1.08. The number of anilines is 3. The molecule has 0 aliphatic heterocycles. The van der Waals surface area contributed by atoms with Crippen molar-refractivity contribution in [2.45, 2.75) is 0 Å². The van der Waals surface area contributed by atoms with E-state index < -0.39 is 0 Å². The van der Waals surface area contributed by atoms with Gasteiger partial charge in [0.05, 0.1) is 22.4 Å². The maximum atomic E-state index is 2.46. The average Bonchev–Trinajstić information content (AvgIpc) is 3.91. The lowest BCUT2D eigenvalue weighted by Crippen LogP contribution is -2.11. The molecule has 296 valence electrons. The fourth-order valence-electron chi connectivity index (χ4n) is 9.47. The molecule has 0 spiro atoms. The molecule has 10 aromatic carbocycles. The van der Waals surface area contributed by atoms with E-state index in [-0.39, 0.29) is 0 Å². The summed E-state index contributed by atoms with van der Waals surface area (Å²) in [4.78, 5) is 2.43. The molecule has 3 heteroatoms. The standard InChI is InChI=1S/C60H40N2S/c1-4-17-41(18-5-1)42-31-33-44(34-32-42)48-23-10-13-28-55(48)62-56-29-14-11-24-50(56)51-37-36-47(40-58(51)62)61(46-21-8-3-9-22-46)57-38-35-45(39-54(57)43-19-6-2-7-20-43)49-26-16-27-53-52-25-12-15-30-59(52)63-60(49)53/h1-40H. The molecule has 12 aromatic rings. The first kappa shape index (κ1) is 36.8. The Morgan fingerprint density at radius 1 is 0.317 bits per heavy atom. The zero-order valence-electron chi connectivity index (χ0n) is 34.4. The summed E-state index contributed by atoms with van der Waals surface area (Å²) >= 11 is 1.88. The Balaban J connectivity index is 1.06. The number of rotatable bonds is 8. The Hall–Kier alpha value is -7.98. The van der Waals surface area contributed by atoms with Gasteiger partial charge in [-0.3, -0.25) is 0 Å². The first-order chi connectivity index (χ1) is 31.3. The smallest absolute Gasteiger partial charge is 0.0562 e. The first-order valence-corrected chi connectivity index (χ1v) is 22.3. The van der Waals surface area contributed by atoms with Crippen LogP contribution in [0.5, 0.6) is 0 Å². The van der Waals surface area contributed by atoms with Crippen LogP contribution in [0.15, 0.2) is 243 Å².